The van der Waals surface area contributed by atoms with Crippen molar-refractivity contribution in [3.05, 3.63) is 42.0 Å². The summed E-state index contributed by atoms with van der Waals surface area (Å²) in [5.41, 5.74) is 6.55. The van der Waals surface area contributed by atoms with Gasteiger partial charge in [-0.3, -0.25) is 14.5 Å². The average Bonchev–Trinajstić information content (AvgIpc) is 3.09. The Labute approximate surface area is 164 Å². The second kappa shape index (κ2) is 7.42. The molecule has 0 fully saturated rings. The van der Waals surface area contributed by atoms with Crippen LogP contribution in [-0.4, -0.2) is 25.7 Å². The van der Waals surface area contributed by atoms with Crippen LogP contribution in [0.1, 0.15) is 26.3 Å². The summed E-state index contributed by atoms with van der Waals surface area (Å²) in [5, 5.41) is 0. The van der Waals surface area contributed by atoms with Crippen LogP contribution in [0.15, 0.2) is 36.4 Å². The minimum atomic E-state index is -0.666. The largest absolute Gasteiger partial charge is 0.497 e. The van der Waals surface area contributed by atoms with E-state index in [4.69, 9.17) is 19.9 Å². The maximum absolute atomic E-state index is 13.4. The van der Waals surface area contributed by atoms with Gasteiger partial charge in [0.25, 0.3) is 0 Å². The summed E-state index contributed by atoms with van der Waals surface area (Å²) >= 11 is 0. The second-order valence-corrected chi connectivity index (χ2v) is 7.57. The molecule has 2 amide bonds. The average molecular weight is 384 g/mol. The summed E-state index contributed by atoms with van der Waals surface area (Å²) in [6.07, 6.45) is -0.0228. The molecule has 0 atom stereocenters. The molecule has 0 bridgehead atoms. The van der Waals surface area contributed by atoms with Crippen LogP contribution in [0.4, 0.5) is 11.4 Å². The number of ether oxygens (including phenoxy) is 3. The van der Waals surface area contributed by atoms with Gasteiger partial charge in [0.2, 0.25) is 18.6 Å². The summed E-state index contributed by atoms with van der Waals surface area (Å²) in [4.78, 5) is 26.6. The first-order valence-corrected chi connectivity index (χ1v) is 8.90. The number of primary amides is 1. The fourth-order valence-electron chi connectivity index (χ4n) is 2.96. The molecule has 1 aliphatic heterocycles. The summed E-state index contributed by atoms with van der Waals surface area (Å²) in [5.74, 6) is 1.13. The Balaban J connectivity index is 2.17. The maximum atomic E-state index is 13.4. The van der Waals surface area contributed by atoms with Gasteiger partial charge in [-0.05, 0) is 35.9 Å². The fourth-order valence-corrected chi connectivity index (χ4v) is 2.96. The molecule has 0 saturated carbocycles. The van der Waals surface area contributed by atoms with Gasteiger partial charge in [0, 0.05) is 11.5 Å². The Bertz CT molecular complexity index is 917. The number of nitrogens with two attached hydrogens (primary N) is 1. The molecule has 7 heteroatoms. The van der Waals surface area contributed by atoms with Gasteiger partial charge in [0.15, 0.2) is 11.5 Å². The first-order chi connectivity index (χ1) is 13.2. The van der Waals surface area contributed by atoms with Gasteiger partial charge < -0.3 is 19.9 Å². The van der Waals surface area contributed by atoms with Crippen molar-refractivity contribution in [3.63, 3.8) is 0 Å². The number of hydrogen-bond donors (Lipinski definition) is 1. The van der Waals surface area contributed by atoms with Crippen LogP contribution in [0.25, 0.3) is 0 Å². The molecule has 0 aliphatic carbocycles. The van der Waals surface area contributed by atoms with Gasteiger partial charge in [-0.25, -0.2) is 0 Å². The van der Waals surface area contributed by atoms with E-state index in [1.54, 1.807) is 48.4 Å². The molecule has 148 valence electrons. The number of nitrogens with zero attached hydrogens (tertiary/aromatic N) is 1. The number of amides is 2. The third-order valence-electron chi connectivity index (χ3n) is 4.35. The molecule has 7 nitrogen and oxygen atoms in total. The zero-order valence-corrected chi connectivity index (χ0v) is 16.4. The standard InChI is InChI=1S/C21H24N2O5/c1-21(2,3)20(25)23(14-5-8-17-18(11-14)28-12-27-17)16-7-6-15(26-4)9-13(16)10-19(22)24/h5-9,11H,10,12H2,1-4H3,(H2,22,24). The molecule has 0 unspecified atom stereocenters. The predicted octanol–water partition coefficient (Wildman–Crippen LogP) is 3.16. The Hall–Kier alpha value is -3.22. The highest BCUT2D eigenvalue weighted by Crippen LogP contribution is 2.40. The minimum Gasteiger partial charge on any atom is -0.497 e. The molecule has 2 N–H and O–H groups in total. The van der Waals surface area contributed by atoms with Crippen molar-refractivity contribution in [1.29, 1.82) is 0 Å². The fraction of sp³-hybridized carbons (Fsp3) is 0.333. The van der Waals surface area contributed by atoms with Crippen molar-refractivity contribution in [2.45, 2.75) is 27.2 Å². The minimum absolute atomic E-state index is 0.0228. The molecule has 2 aromatic rings. The first kappa shape index (κ1) is 19.5. The zero-order valence-electron chi connectivity index (χ0n) is 16.4. The number of fused-ring (bicyclic) bond motifs is 1. The number of carbonyl (C=O) groups excluding carboxylic acids is 2. The molecule has 0 radical (unpaired) electrons. The Kier molecular flexibility index (Phi) is 5.18. The van der Waals surface area contributed by atoms with Crippen molar-refractivity contribution in [2.75, 3.05) is 18.8 Å². The van der Waals surface area contributed by atoms with Crippen LogP contribution >= 0.6 is 0 Å². The number of benzene rings is 2. The highest BCUT2D eigenvalue weighted by molar-refractivity contribution is 6.04. The van der Waals surface area contributed by atoms with E-state index in [9.17, 15) is 9.59 Å². The summed E-state index contributed by atoms with van der Waals surface area (Å²) in [6.45, 7) is 5.66. The van der Waals surface area contributed by atoms with E-state index in [0.717, 1.165) is 0 Å². The van der Waals surface area contributed by atoms with Crippen LogP contribution < -0.4 is 24.8 Å². The van der Waals surface area contributed by atoms with E-state index < -0.39 is 11.3 Å². The van der Waals surface area contributed by atoms with Gasteiger partial charge in [-0.1, -0.05) is 20.8 Å². The van der Waals surface area contributed by atoms with Crippen LogP contribution in [0, 0.1) is 5.41 Å². The van der Waals surface area contributed by atoms with Gasteiger partial charge in [0.05, 0.1) is 24.9 Å². The summed E-state index contributed by atoms with van der Waals surface area (Å²) in [6, 6.07) is 10.5. The Morgan fingerprint density at radius 3 is 2.46 bits per heavy atom. The molecule has 28 heavy (non-hydrogen) atoms. The highest BCUT2D eigenvalue weighted by Gasteiger charge is 2.32. The van der Waals surface area contributed by atoms with E-state index in [-0.39, 0.29) is 19.1 Å². The molecular weight excluding hydrogens is 360 g/mol. The Morgan fingerprint density at radius 2 is 1.82 bits per heavy atom. The molecule has 0 spiro atoms. The van der Waals surface area contributed by atoms with Crippen molar-refractivity contribution in [3.8, 4) is 17.2 Å². The topological polar surface area (TPSA) is 91.1 Å². The van der Waals surface area contributed by atoms with Gasteiger partial charge in [-0.15, -0.1) is 0 Å². The molecule has 0 saturated heterocycles. The third kappa shape index (κ3) is 3.88. The lowest BCUT2D eigenvalue weighted by atomic mass is 9.93. The smallest absolute Gasteiger partial charge is 0.236 e. The van der Waals surface area contributed by atoms with Gasteiger partial charge in [0.1, 0.15) is 5.75 Å². The van der Waals surface area contributed by atoms with E-state index in [1.165, 1.54) is 0 Å². The van der Waals surface area contributed by atoms with Crippen LogP contribution in [0.3, 0.4) is 0 Å². The summed E-state index contributed by atoms with van der Waals surface area (Å²) in [7, 11) is 1.54. The SMILES string of the molecule is COc1ccc(N(C(=O)C(C)(C)C)c2ccc3c(c2)OCO3)c(CC(N)=O)c1. The van der Waals surface area contributed by atoms with E-state index >= 15 is 0 Å². The van der Waals surface area contributed by atoms with Crippen molar-refractivity contribution in [1.82, 2.24) is 0 Å². The number of anilines is 2. The zero-order chi connectivity index (χ0) is 20.5. The van der Waals surface area contributed by atoms with Crippen molar-refractivity contribution < 1.29 is 23.8 Å². The second-order valence-electron chi connectivity index (χ2n) is 7.57. The quantitative estimate of drug-likeness (QED) is 0.855. The summed E-state index contributed by atoms with van der Waals surface area (Å²) < 4.78 is 16.1. The predicted molar refractivity (Wildman–Crippen MR) is 105 cm³/mol. The van der Waals surface area contributed by atoms with Crippen LogP contribution in [0.5, 0.6) is 17.2 Å². The number of methoxy groups -OCH3 is 1. The molecule has 0 aromatic heterocycles. The molecule has 1 heterocycles. The lowest BCUT2D eigenvalue weighted by Gasteiger charge is -2.31. The van der Waals surface area contributed by atoms with Gasteiger partial charge >= 0.3 is 0 Å². The van der Waals surface area contributed by atoms with E-state index in [2.05, 4.69) is 0 Å². The van der Waals surface area contributed by atoms with Crippen LogP contribution in [0.2, 0.25) is 0 Å². The monoisotopic (exact) mass is 384 g/mol. The van der Waals surface area contributed by atoms with Crippen molar-refractivity contribution in [2.24, 2.45) is 11.1 Å². The maximum Gasteiger partial charge on any atom is 0.236 e. The number of hydrogen-bond acceptors (Lipinski definition) is 5. The van der Waals surface area contributed by atoms with E-state index in [1.807, 2.05) is 20.8 Å². The molecule has 2 aromatic carbocycles. The third-order valence-corrected chi connectivity index (χ3v) is 4.35. The van der Waals surface area contributed by atoms with Gasteiger partial charge in [-0.2, -0.15) is 0 Å². The van der Waals surface area contributed by atoms with E-state index in [0.29, 0.717) is 34.2 Å². The van der Waals surface area contributed by atoms with Crippen molar-refractivity contribution >= 4 is 23.2 Å². The molecular formula is C21H24N2O5. The highest BCUT2D eigenvalue weighted by atomic mass is 16.7. The molecule has 3 rings (SSSR count). The number of rotatable bonds is 5. The lowest BCUT2D eigenvalue weighted by molar-refractivity contribution is -0.125. The Morgan fingerprint density at radius 1 is 1.11 bits per heavy atom. The first-order valence-electron chi connectivity index (χ1n) is 8.90. The number of carbonyl (C=O) groups is 2. The molecule has 1 aliphatic rings. The van der Waals surface area contributed by atoms with Crippen LogP contribution in [-0.2, 0) is 16.0 Å². The normalized spacial score (nSPS) is 12.6. The lowest BCUT2D eigenvalue weighted by Crippen LogP contribution is -2.37.